The summed E-state index contributed by atoms with van der Waals surface area (Å²) in [5, 5.41) is 16.0. The molecule has 0 spiro atoms. The quantitative estimate of drug-likeness (QED) is 0.105. The molecule has 2 aromatic rings. The van der Waals surface area contributed by atoms with Gasteiger partial charge in [-0.15, -0.1) is 11.6 Å². The van der Waals surface area contributed by atoms with E-state index in [0.717, 1.165) is 0 Å². The fourth-order valence-electron chi connectivity index (χ4n) is 4.11. The average Bonchev–Trinajstić information content (AvgIpc) is 2.84. The first kappa shape index (κ1) is 28.0. The van der Waals surface area contributed by atoms with E-state index in [1.54, 1.807) is 48.5 Å². The molecule has 0 radical (unpaired) electrons. The number of oxime groups is 2. The average molecular weight is 562 g/mol. The van der Waals surface area contributed by atoms with Crippen LogP contribution in [0.4, 0.5) is 8.78 Å². The Morgan fingerprint density at radius 2 is 1.28 bits per heavy atom. The third-order valence-electron chi connectivity index (χ3n) is 6.32. The number of carbonyl (C=O) groups excluding carboxylic acids is 1. The monoisotopic (exact) mass is 560 g/mol. The van der Waals surface area contributed by atoms with Crippen LogP contribution in [0.1, 0.15) is 36.8 Å². The molecule has 0 amide bonds. The van der Waals surface area contributed by atoms with Gasteiger partial charge in [0.1, 0.15) is 28.9 Å². The Morgan fingerprint density at radius 3 is 1.64 bits per heavy atom. The number of nitrogens with two attached hydrogens (primary N) is 2. The van der Waals surface area contributed by atoms with Crippen LogP contribution < -0.4 is 11.5 Å². The van der Waals surface area contributed by atoms with Gasteiger partial charge in [-0.2, -0.15) is 0 Å². The Hall–Kier alpha value is -2.62. The molecule has 0 atom stereocenters. The molecule has 0 heterocycles. The largest absolute Gasteiger partial charge is 0.409 e. The molecular formula is C24H25Cl3F2N4O3. The van der Waals surface area contributed by atoms with Crippen molar-refractivity contribution in [3.05, 3.63) is 69.7 Å². The lowest BCUT2D eigenvalue weighted by Crippen LogP contribution is -2.44. The van der Waals surface area contributed by atoms with E-state index in [1.807, 2.05) is 0 Å². The highest BCUT2D eigenvalue weighted by atomic mass is 35.5. The van der Waals surface area contributed by atoms with E-state index in [2.05, 4.69) is 15.1 Å². The van der Waals surface area contributed by atoms with E-state index in [-0.39, 0.29) is 55.1 Å². The maximum atomic E-state index is 14.6. The van der Waals surface area contributed by atoms with Crippen LogP contribution in [0.3, 0.4) is 0 Å². The SMILES string of the molecule is N/C(=N\O)C1CC(F)(c2ccc(Cl)cc2)C1.N/C(=N\OC(=O)CCl)C1CC(F)(c2ccc(Cl)cc2)C1. The Labute approximate surface area is 222 Å². The third-order valence-corrected chi connectivity index (χ3v) is 7.04. The first-order chi connectivity index (χ1) is 17.0. The van der Waals surface area contributed by atoms with Crippen LogP contribution in [0.5, 0.6) is 0 Å². The summed E-state index contributed by atoms with van der Waals surface area (Å²) in [6, 6.07) is 13.3. The molecule has 2 aromatic carbocycles. The second-order valence-corrected chi connectivity index (χ2v) is 9.93. The summed E-state index contributed by atoms with van der Waals surface area (Å²) in [6.07, 6.45) is 0.903. The van der Waals surface area contributed by atoms with Gasteiger partial charge in [0.15, 0.2) is 0 Å². The maximum absolute atomic E-state index is 14.6. The summed E-state index contributed by atoms with van der Waals surface area (Å²) in [5.74, 6) is -1.23. The van der Waals surface area contributed by atoms with Crippen LogP contribution >= 0.6 is 34.8 Å². The van der Waals surface area contributed by atoms with Crippen molar-refractivity contribution in [2.24, 2.45) is 33.6 Å². The van der Waals surface area contributed by atoms with Gasteiger partial charge in [-0.05, 0) is 61.1 Å². The molecule has 2 aliphatic carbocycles. The number of benzene rings is 2. The highest BCUT2D eigenvalue weighted by Crippen LogP contribution is 2.50. The van der Waals surface area contributed by atoms with Gasteiger partial charge in [0.25, 0.3) is 0 Å². The van der Waals surface area contributed by atoms with Crippen molar-refractivity contribution in [2.75, 3.05) is 5.88 Å². The summed E-state index contributed by atoms with van der Waals surface area (Å²) < 4.78 is 28.8. The van der Waals surface area contributed by atoms with Gasteiger partial charge in [-0.25, -0.2) is 13.6 Å². The first-order valence-electron chi connectivity index (χ1n) is 11.0. The molecule has 194 valence electrons. The van der Waals surface area contributed by atoms with Crippen LogP contribution in [0.25, 0.3) is 0 Å². The number of hydrogen-bond acceptors (Lipinski definition) is 5. The molecule has 2 saturated carbocycles. The lowest BCUT2D eigenvalue weighted by molar-refractivity contribution is -0.140. The molecule has 12 heteroatoms. The zero-order valence-corrected chi connectivity index (χ0v) is 21.3. The van der Waals surface area contributed by atoms with E-state index < -0.39 is 17.3 Å². The van der Waals surface area contributed by atoms with Crippen LogP contribution in [0.2, 0.25) is 10.0 Å². The smallest absolute Gasteiger partial charge is 0.349 e. The highest BCUT2D eigenvalue weighted by Gasteiger charge is 2.48. The first-order valence-corrected chi connectivity index (χ1v) is 12.2. The van der Waals surface area contributed by atoms with Gasteiger partial charge in [-0.1, -0.05) is 57.8 Å². The normalized spacial score (nSPS) is 27.7. The lowest BCUT2D eigenvalue weighted by atomic mass is 9.68. The van der Waals surface area contributed by atoms with E-state index in [1.165, 1.54) is 0 Å². The van der Waals surface area contributed by atoms with E-state index in [9.17, 15) is 13.6 Å². The highest BCUT2D eigenvalue weighted by molar-refractivity contribution is 6.30. The predicted octanol–water partition coefficient (Wildman–Crippen LogP) is 5.63. The topological polar surface area (TPSA) is 123 Å². The van der Waals surface area contributed by atoms with Crippen molar-refractivity contribution in [3.8, 4) is 0 Å². The molecule has 5 N–H and O–H groups in total. The maximum Gasteiger partial charge on any atom is 0.349 e. The van der Waals surface area contributed by atoms with E-state index >= 15 is 0 Å². The van der Waals surface area contributed by atoms with Gasteiger partial charge in [0.05, 0.1) is 0 Å². The van der Waals surface area contributed by atoms with Crippen molar-refractivity contribution >= 4 is 52.4 Å². The summed E-state index contributed by atoms with van der Waals surface area (Å²) >= 11 is 16.7. The molecule has 0 aliphatic heterocycles. The van der Waals surface area contributed by atoms with E-state index in [4.69, 9.17) is 51.5 Å². The van der Waals surface area contributed by atoms with E-state index in [0.29, 0.717) is 21.2 Å². The minimum atomic E-state index is -1.44. The molecule has 2 fully saturated rings. The fraction of sp³-hybridized carbons (Fsp3) is 0.375. The number of hydrogen-bond donors (Lipinski definition) is 3. The fourth-order valence-corrected chi connectivity index (χ4v) is 4.41. The van der Waals surface area contributed by atoms with Crippen LogP contribution in [0, 0.1) is 11.8 Å². The zero-order valence-electron chi connectivity index (χ0n) is 19.0. The van der Waals surface area contributed by atoms with Gasteiger partial charge < -0.3 is 21.5 Å². The molecule has 0 aromatic heterocycles. The molecule has 0 bridgehead atoms. The van der Waals surface area contributed by atoms with Crippen molar-refractivity contribution in [1.82, 2.24) is 0 Å². The molecule has 2 aliphatic rings. The third kappa shape index (κ3) is 6.57. The van der Waals surface area contributed by atoms with Crippen molar-refractivity contribution in [1.29, 1.82) is 0 Å². The summed E-state index contributed by atoms with van der Waals surface area (Å²) in [6.45, 7) is 0. The van der Waals surface area contributed by atoms with Crippen LogP contribution in [0.15, 0.2) is 58.8 Å². The van der Waals surface area contributed by atoms with Crippen LogP contribution in [-0.4, -0.2) is 28.7 Å². The second-order valence-electron chi connectivity index (χ2n) is 8.79. The Morgan fingerprint density at radius 1 is 0.889 bits per heavy atom. The zero-order chi connectivity index (χ0) is 26.5. The number of alkyl halides is 3. The number of nitrogens with zero attached hydrogens (tertiary/aromatic N) is 2. The summed E-state index contributed by atoms with van der Waals surface area (Å²) in [7, 11) is 0. The Kier molecular flexibility index (Phi) is 9.03. The predicted molar refractivity (Wildman–Crippen MR) is 136 cm³/mol. The molecular weight excluding hydrogens is 537 g/mol. The molecule has 7 nitrogen and oxygen atoms in total. The van der Waals surface area contributed by atoms with Gasteiger partial charge in [0, 0.05) is 21.9 Å². The van der Waals surface area contributed by atoms with Gasteiger partial charge in [-0.3, -0.25) is 0 Å². The second kappa shape index (κ2) is 11.6. The molecule has 0 saturated heterocycles. The number of halogens is 5. The Bertz CT molecular complexity index is 1120. The van der Waals surface area contributed by atoms with Crippen LogP contribution in [-0.2, 0) is 21.0 Å². The lowest BCUT2D eigenvalue weighted by Gasteiger charge is -2.41. The molecule has 36 heavy (non-hydrogen) atoms. The number of carbonyl (C=O) groups is 1. The number of amidine groups is 2. The van der Waals surface area contributed by atoms with Crippen molar-refractivity contribution in [3.63, 3.8) is 0 Å². The standard InChI is InChI=1S/C13H13Cl2FN2O2.C11H12ClFN2O/c14-7-11(19)20-18-12(17)8-5-13(16,6-8)9-1-3-10(15)4-2-9;12-9-3-1-8(2-4-9)11(13)5-7(6-11)10(14)15-16/h1-4,8H,5-7H2,(H2,17,18);1-4,7,16H,5-6H2,(H2,14,15). The summed E-state index contributed by atoms with van der Waals surface area (Å²) in [4.78, 5) is 15.3. The van der Waals surface area contributed by atoms with Crippen molar-refractivity contribution < 1.29 is 23.6 Å². The number of rotatable bonds is 6. The van der Waals surface area contributed by atoms with Crippen molar-refractivity contribution in [2.45, 2.75) is 37.0 Å². The van der Waals surface area contributed by atoms with Gasteiger partial charge in [0.2, 0.25) is 0 Å². The Balaban J connectivity index is 0.000000205. The molecule has 0 unspecified atom stereocenters. The molecule has 4 rings (SSSR count). The minimum absolute atomic E-state index is 0.0993. The summed E-state index contributed by atoms with van der Waals surface area (Å²) in [5.41, 5.74) is 9.41. The van der Waals surface area contributed by atoms with Gasteiger partial charge >= 0.3 is 5.97 Å². The minimum Gasteiger partial charge on any atom is -0.409 e.